The maximum Gasteiger partial charge on any atom is 0.326 e. The van der Waals surface area contributed by atoms with Gasteiger partial charge in [-0.15, -0.1) is 0 Å². The monoisotopic (exact) mass is 259 g/mol. The molecule has 0 heterocycles. The Morgan fingerprint density at radius 1 is 1.22 bits per heavy atom. The smallest absolute Gasteiger partial charge is 0.326 e. The van der Waals surface area contributed by atoms with Crippen LogP contribution in [0, 0.1) is 5.92 Å². The fourth-order valence-electron chi connectivity index (χ4n) is 1.52. The molecule has 0 spiro atoms. The molecular weight excluding hydrogens is 234 g/mol. The molecule has 1 unspecified atom stereocenters. The summed E-state index contributed by atoms with van der Waals surface area (Å²) in [4.78, 5) is 24.5. The van der Waals surface area contributed by atoms with Crippen molar-refractivity contribution < 1.29 is 14.7 Å². The highest BCUT2D eigenvalue weighted by atomic mass is 16.4. The molecule has 0 aromatic rings. The second kappa shape index (κ2) is 7.92. The molecule has 0 saturated carbocycles. The number of urea groups is 1. The van der Waals surface area contributed by atoms with Gasteiger partial charge < -0.3 is 20.6 Å². The van der Waals surface area contributed by atoms with E-state index in [1.165, 1.54) is 0 Å². The van der Waals surface area contributed by atoms with Crippen molar-refractivity contribution in [2.24, 2.45) is 5.92 Å². The molecule has 0 aliphatic carbocycles. The highest BCUT2D eigenvalue weighted by molar-refractivity contribution is 5.82. The van der Waals surface area contributed by atoms with E-state index in [2.05, 4.69) is 10.6 Å². The van der Waals surface area contributed by atoms with Crippen LogP contribution < -0.4 is 10.6 Å². The summed E-state index contributed by atoms with van der Waals surface area (Å²) in [6.07, 6.45) is 0.364. The van der Waals surface area contributed by atoms with Crippen LogP contribution in [0.2, 0.25) is 0 Å². The lowest BCUT2D eigenvalue weighted by atomic mass is 10.0. The highest BCUT2D eigenvalue weighted by Crippen LogP contribution is 2.02. The van der Waals surface area contributed by atoms with E-state index in [1.54, 1.807) is 6.92 Å². The van der Waals surface area contributed by atoms with Crippen molar-refractivity contribution >= 4 is 12.0 Å². The molecule has 6 heteroatoms. The second-order valence-electron chi connectivity index (χ2n) is 5.03. The maximum atomic E-state index is 11.7. The molecule has 0 radical (unpaired) electrons. The number of carboxylic acid groups (broad SMARTS) is 1. The van der Waals surface area contributed by atoms with E-state index in [0.29, 0.717) is 6.42 Å². The number of hydrogen-bond donors (Lipinski definition) is 3. The normalized spacial score (nSPS) is 14.4. The third kappa shape index (κ3) is 6.44. The molecule has 106 valence electrons. The first kappa shape index (κ1) is 16.7. The van der Waals surface area contributed by atoms with Crippen molar-refractivity contribution in [3.63, 3.8) is 0 Å². The van der Waals surface area contributed by atoms with E-state index in [9.17, 15) is 9.59 Å². The van der Waals surface area contributed by atoms with Gasteiger partial charge in [-0.3, -0.25) is 0 Å². The predicted octanol–water partition coefficient (Wildman–Crippen LogP) is 0.735. The number of carboxylic acids is 1. The van der Waals surface area contributed by atoms with Gasteiger partial charge in [-0.1, -0.05) is 20.8 Å². The summed E-state index contributed by atoms with van der Waals surface area (Å²) in [6.45, 7) is 6.47. The number of nitrogens with one attached hydrogen (secondary N) is 2. The Morgan fingerprint density at radius 3 is 2.11 bits per heavy atom. The molecular formula is C12H25N3O3. The van der Waals surface area contributed by atoms with Crippen LogP contribution in [0.25, 0.3) is 0 Å². The Bertz CT molecular complexity index is 280. The largest absolute Gasteiger partial charge is 0.480 e. The van der Waals surface area contributed by atoms with E-state index in [-0.39, 0.29) is 12.0 Å². The van der Waals surface area contributed by atoms with Gasteiger partial charge in [-0.25, -0.2) is 9.59 Å². The molecule has 0 rings (SSSR count). The Morgan fingerprint density at radius 2 is 1.78 bits per heavy atom. The molecule has 0 aromatic carbocycles. The number of hydrogen-bond acceptors (Lipinski definition) is 3. The van der Waals surface area contributed by atoms with E-state index < -0.39 is 18.0 Å². The third-order valence-corrected chi connectivity index (χ3v) is 2.69. The van der Waals surface area contributed by atoms with Gasteiger partial charge in [0.2, 0.25) is 0 Å². The molecule has 0 aliphatic heterocycles. The van der Waals surface area contributed by atoms with Gasteiger partial charge in [0, 0.05) is 12.6 Å². The lowest BCUT2D eigenvalue weighted by Crippen LogP contribution is -2.52. The van der Waals surface area contributed by atoms with Crippen molar-refractivity contribution in [3.8, 4) is 0 Å². The standard InChI is InChI=1S/C12H25N3O3/c1-6-9(11(16)17)13-12(18)14-10(8(2)3)7-15(4)5/h8-10H,6-7H2,1-5H3,(H,16,17)(H2,13,14,18)/t9-,10?/m0/s1. The zero-order valence-electron chi connectivity index (χ0n) is 11.9. The summed E-state index contributed by atoms with van der Waals surface area (Å²) < 4.78 is 0. The Kier molecular flexibility index (Phi) is 7.35. The van der Waals surface area contributed by atoms with Gasteiger partial charge in [-0.05, 0) is 26.4 Å². The molecule has 0 fully saturated rings. The molecule has 0 aromatic heterocycles. The fraction of sp³-hybridized carbons (Fsp3) is 0.833. The summed E-state index contributed by atoms with van der Waals surface area (Å²) in [5.41, 5.74) is 0. The quantitative estimate of drug-likeness (QED) is 0.629. The van der Waals surface area contributed by atoms with Crippen LogP contribution in [0.5, 0.6) is 0 Å². The summed E-state index contributed by atoms with van der Waals surface area (Å²) in [5.74, 6) is -0.732. The van der Waals surface area contributed by atoms with Gasteiger partial charge in [-0.2, -0.15) is 0 Å². The Balaban J connectivity index is 4.37. The summed E-state index contributed by atoms with van der Waals surface area (Å²) in [5, 5.41) is 14.1. The minimum absolute atomic E-state index is 0.00805. The van der Waals surface area contributed by atoms with Crippen LogP contribution in [-0.2, 0) is 4.79 Å². The molecule has 0 saturated heterocycles. The summed E-state index contributed by atoms with van der Waals surface area (Å²) in [6, 6.07) is -1.27. The van der Waals surface area contributed by atoms with Crippen LogP contribution in [0.15, 0.2) is 0 Å². The van der Waals surface area contributed by atoms with Gasteiger partial charge in [0.15, 0.2) is 0 Å². The van der Waals surface area contributed by atoms with Crippen LogP contribution in [-0.4, -0.2) is 54.7 Å². The number of aliphatic carboxylic acids is 1. The van der Waals surface area contributed by atoms with Crippen LogP contribution >= 0.6 is 0 Å². The van der Waals surface area contributed by atoms with Crippen molar-refractivity contribution in [3.05, 3.63) is 0 Å². The molecule has 0 bridgehead atoms. The molecule has 2 amide bonds. The minimum atomic E-state index is -1.01. The SMILES string of the molecule is CC[C@H](NC(=O)NC(CN(C)C)C(C)C)C(=O)O. The van der Waals surface area contributed by atoms with E-state index >= 15 is 0 Å². The van der Waals surface area contributed by atoms with Gasteiger partial charge >= 0.3 is 12.0 Å². The van der Waals surface area contributed by atoms with Gasteiger partial charge in [0.25, 0.3) is 0 Å². The topological polar surface area (TPSA) is 81.7 Å². The first-order valence-electron chi connectivity index (χ1n) is 6.22. The zero-order chi connectivity index (χ0) is 14.3. The number of carbonyl (C=O) groups is 2. The average Bonchev–Trinajstić information content (AvgIpc) is 2.23. The molecule has 3 N–H and O–H groups in total. The van der Waals surface area contributed by atoms with Gasteiger partial charge in [0.05, 0.1) is 0 Å². The average molecular weight is 259 g/mol. The Labute approximate surface area is 109 Å². The van der Waals surface area contributed by atoms with Crippen LogP contribution in [0.4, 0.5) is 4.79 Å². The zero-order valence-corrected chi connectivity index (χ0v) is 11.9. The Hall–Kier alpha value is -1.30. The molecule has 2 atom stereocenters. The van der Waals surface area contributed by atoms with Crippen molar-refractivity contribution in [2.75, 3.05) is 20.6 Å². The van der Waals surface area contributed by atoms with E-state index in [0.717, 1.165) is 6.54 Å². The van der Waals surface area contributed by atoms with Gasteiger partial charge in [0.1, 0.15) is 6.04 Å². The number of nitrogens with zero attached hydrogens (tertiary/aromatic N) is 1. The lowest BCUT2D eigenvalue weighted by Gasteiger charge is -2.26. The predicted molar refractivity (Wildman–Crippen MR) is 70.6 cm³/mol. The van der Waals surface area contributed by atoms with Crippen molar-refractivity contribution in [1.82, 2.24) is 15.5 Å². The first-order chi connectivity index (χ1) is 8.27. The molecule has 6 nitrogen and oxygen atoms in total. The van der Waals surface area contributed by atoms with E-state index in [4.69, 9.17) is 5.11 Å². The summed E-state index contributed by atoms with van der Waals surface area (Å²) in [7, 11) is 3.86. The lowest BCUT2D eigenvalue weighted by molar-refractivity contribution is -0.139. The summed E-state index contributed by atoms with van der Waals surface area (Å²) >= 11 is 0. The number of rotatable bonds is 7. The number of amides is 2. The fourth-order valence-corrected chi connectivity index (χ4v) is 1.52. The maximum absolute atomic E-state index is 11.7. The van der Waals surface area contributed by atoms with Crippen molar-refractivity contribution in [1.29, 1.82) is 0 Å². The van der Waals surface area contributed by atoms with Crippen LogP contribution in [0.1, 0.15) is 27.2 Å². The number of likely N-dealkylation sites (N-methyl/N-ethyl adjacent to an activating group) is 1. The highest BCUT2D eigenvalue weighted by Gasteiger charge is 2.21. The molecule has 0 aliphatic rings. The number of carbonyl (C=O) groups excluding carboxylic acids is 1. The molecule has 18 heavy (non-hydrogen) atoms. The van der Waals surface area contributed by atoms with Crippen LogP contribution in [0.3, 0.4) is 0 Å². The third-order valence-electron chi connectivity index (χ3n) is 2.69. The van der Waals surface area contributed by atoms with E-state index in [1.807, 2.05) is 32.8 Å². The second-order valence-corrected chi connectivity index (χ2v) is 5.03. The minimum Gasteiger partial charge on any atom is -0.480 e. The van der Waals surface area contributed by atoms with Crippen molar-refractivity contribution in [2.45, 2.75) is 39.3 Å². The first-order valence-corrected chi connectivity index (χ1v) is 6.22.